The smallest absolute Gasteiger partial charge is 0.230 e. The second kappa shape index (κ2) is 8.66. The number of nitrogens with one attached hydrogen (secondary N) is 1. The first-order chi connectivity index (χ1) is 13.0. The number of carbonyl (C=O) groups excluding carboxylic acids is 2. The Hall–Kier alpha value is -2.89. The first-order valence-electron chi connectivity index (χ1n) is 9.20. The second-order valence-corrected chi connectivity index (χ2v) is 6.86. The largest absolute Gasteiger partial charge is 0.497 e. The fourth-order valence-electron chi connectivity index (χ4n) is 3.33. The Morgan fingerprint density at radius 3 is 2.85 bits per heavy atom. The van der Waals surface area contributed by atoms with E-state index in [0.717, 1.165) is 29.8 Å². The molecule has 1 aromatic carbocycles. The summed E-state index contributed by atoms with van der Waals surface area (Å²) in [5.41, 5.74) is 1.77. The first-order valence-corrected chi connectivity index (χ1v) is 9.20. The van der Waals surface area contributed by atoms with Crippen molar-refractivity contribution < 1.29 is 14.3 Å². The van der Waals surface area contributed by atoms with Crippen molar-refractivity contribution in [2.24, 2.45) is 5.92 Å². The topological polar surface area (TPSA) is 71.5 Å². The number of hydrogen-bond acceptors (Lipinski definition) is 4. The molecule has 6 nitrogen and oxygen atoms in total. The molecule has 0 aliphatic carbocycles. The van der Waals surface area contributed by atoms with Gasteiger partial charge in [0.25, 0.3) is 0 Å². The zero-order valence-corrected chi connectivity index (χ0v) is 15.8. The van der Waals surface area contributed by atoms with E-state index < -0.39 is 0 Å². The van der Waals surface area contributed by atoms with Gasteiger partial charge in [0.1, 0.15) is 11.6 Å². The molecule has 1 aromatic heterocycles. The van der Waals surface area contributed by atoms with Crippen molar-refractivity contribution in [1.82, 2.24) is 9.88 Å². The highest BCUT2D eigenvalue weighted by atomic mass is 16.5. The number of carbonyl (C=O) groups is 2. The van der Waals surface area contributed by atoms with Gasteiger partial charge in [0.2, 0.25) is 11.8 Å². The minimum Gasteiger partial charge on any atom is -0.497 e. The van der Waals surface area contributed by atoms with Gasteiger partial charge in [-0.15, -0.1) is 0 Å². The Morgan fingerprint density at radius 1 is 1.26 bits per heavy atom. The lowest BCUT2D eigenvalue weighted by molar-refractivity contribution is -0.133. The number of ether oxygens (including phenoxy) is 1. The van der Waals surface area contributed by atoms with Crippen molar-refractivity contribution in [3.63, 3.8) is 0 Å². The number of piperidine rings is 1. The molecular weight excluding hydrogens is 342 g/mol. The maximum Gasteiger partial charge on any atom is 0.230 e. The van der Waals surface area contributed by atoms with E-state index in [-0.39, 0.29) is 17.7 Å². The normalized spacial score (nSPS) is 16.7. The first kappa shape index (κ1) is 18.9. The third-order valence-electron chi connectivity index (χ3n) is 4.77. The van der Waals surface area contributed by atoms with E-state index >= 15 is 0 Å². The molecule has 27 heavy (non-hydrogen) atoms. The van der Waals surface area contributed by atoms with Gasteiger partial charge in [-0.1, -0.05) is 18.2 Å². The van der Waals surface area contributed by atoms with Crippen LogP contribution >= 0.6 is 0 Å². The molecule has 2 heterocycles. The van der Waals surface area contributed by atoms with Crippen LogP contribution in [0.5, 0.6) is 5.75 Å². The van der Waals surface area contributed by atoms with Gasteiger partial charge in [-0.3, -0.25) is 9.59 Å². The highest BCUT2D eigenvalue weighted by Gasteiger charge is 2.28. The number of rotatable bonds is 5. The number of benzene rings is 1. The summed E-state index contributed by atoms with van der Waals surface area (Å²) in [6.07, 6.45) is 1.91. The van der Waals surface area contributed by atoms with Crippen LogP contribution in [0.3, 0.4) is 0 Å². The van der Waals surface area contributed by atoms with Gasteiger partial charge >= 0.3 is 0 Å². The van der Waals surface area contributed by atoms with Gasteiger partial charge in [0, 0.05) is 18.8 Å². The Bertz CT molecular complexity index is 822. The average Bonchev–Trinajstić information content (AvgIpc) is 2.68. The quantitative estimate of drug-likeness (QED) is 0.882. The highest BCUT2D eigenvalue weighted by molar-refractivity contribution is 5.92. The lowest BCUT2D eigenvalue weighted by Crippen LogP contribution is -2.44. The minimum absolute atomic E-state index is 0.0365. The average molecular weight is 367 g/mol. The van der Waals surface area contributed by atoms with Gasteiger partial charge < -0.3 is 15.0 Å². The van der Waals surface area contributed by atoms with Gasteiger partial charge in [-0.2, -0.15) is 0 Å². The molecule has 1 aliphatic rings. The van der Waals surface area contributed by atoms with Crippen LogP contribution in [-0.4, -0.2) is 41.9 Å². The summed E-state index contributed by atoms with van der Waals surface area (Å²) < 4.78 is 5.21. The monoisotopic (exact) mass is 367 g/mol. The summed E-state index contributed by atoms with van der Waals surface area (Å²) in [7, 11) is 1.61. The lowest BCUT2D eigenvalue weighted by atomic mass is 9.96. The molecule has 1 unspecified atom stereocenters. The molecule has 2 aromatic rings. The number of aryl methyl sites for hydroxylation is 1. The van der Waals surface area contributed by atoms with Crippen LogP contribution in [0.4, 0.5) is 5.82 Å². The molecule has 1 aliphatic heterocycles. The van der Waals surface area contributed by atoms with Crippen LogP contribution in [0.1, 0.15) is 24.1 Å². The van der Waals surface area contributed by atoms with E-state index in [0.29, 0.717) is 25.3 Å². The van der Waals surface area contributed by atoms with Crippen LogP contribution < -0.4 is 10.1 Å². The van der Waals surface area contributed by atoms with Gasteiger partial charge in [-0.25, -0.2) is 4.98 Å². The predicted octanol–water partition coefficient (Wildman–Crippen LogP) is 2.82. The number of aromatic nitrogens is 1. The number of pyridine rings is 1. The van der Waals surface area contributed by atoms with Crippen molar-refractivity contribution >= 4 is 17.6 Å². The highest BCUT2D eigenvalue weighted by Crippen LogP contribution is 2.20. The SMILES string of the molecule is COc1cccc(CC(=O)N2CCCC(C(=O)Nc3cccc(C)n3)C2)c1. The Balaban J connectivity index is 1.59. The van der Waals surface area contributed by atoms with Crippen molar-refractivity contribution in [2.45, 2.75) is 26.2 Å². The van der Waals surface area contributed by atoms with Crippen molar-refractivity contribution in [3.05, 3.63) is 53.7 Å². The lowest BCUT2D eigenvalue weighted by Gasteiger charge is -2.32. The predicted molar refractivity (Wildman–Crippen MR) is 104 cm³/mol. The molecule has 1 fully saturated rings. The maximum atomic E-state index is 12.7. The molecule has 0 spiro atoms. The Labute approximate surface area is 159 Å². The van der Waals surface area contributed by atoms with Crippen molar-refractivity contribution in [2.75, 3.05) is 25.5 Å². The molecule has 142 valence electrons. The molecule has 0 saturated carbocycles. The van der Waals surface area contributed by atoms with Crippen LogP contribution in [0, 0.1) is 12.8 Å². The molecule has 1 saturated heterocycles. The van der Waals surface area contributed by atoms with Crippen LogP contribution in [0.15, 0.2) is 42.5 Å². The number of amides is 2. The van der Waals surface area contributed by atoms with E-state index in [1.807, 2.05) is 43.3 Å². The number of anilines is 1. The van der Waals surface area contributed by atoms with Gasteiger partial charge in [0.15, 0.2) is 0 Å². The van der Waals surface area contributed by atoms with E-state index in [4.69, 9.17) is 4.74 Å². The number of likely N-dealkylation sites (tertiary alicyclic amines) is 1. The van der Waals surface area contributed by atoms with Gasteiger partial charge in [0.05, 0.1) is 19.4 Å². The fourth-order valence-corrected chi connectivity index (χ4v) is 3.33. The number of nitrogens with zero attached hydrogens (tertiary/aromatic N) is 2. The zero-order valence-electron chi connectivity index (χ0n) is 15.8. The van der Waals surface area contributed by atoms with E-state index in [1.165, 1.54) is 0 Å². The maximum absolute atomic E-state index is 12.7. The third-order valence-corrected chi connectivity index (χ3v) is 4.77. The molecule has 6 heteroatoms. The number of methoxy groups -OCH3 is 1. The molecule has 1 atom stereocenters. The van der Waals surface area contributed by atoms with Crippen molar-refractivity contribution in [1.29, 1.82) is 0 Å². The molecule has 2 amide bonds. The van der Waals surface area contributed by atoms with Crippen molar-refractivity contribution in [3.8, 4) is 5.75 Å². The summed E-state index contributed by atoms with van der Waals surface area (Å²) in [5, 5.41) is 2.87. The Morgan fingerprint density at radius 2 is 2.07 bits per heavy atom. The summed E-state index contributed by atoms with van der Waals surface area (Å²) in [6.45, 7) is 3.02. The standard InChI is InChI=1S/C21H25N3O3/c1-15-6-3-10-19(22-15)23-21(26)17-8-5-11-24(14-17)20(25)13-16-7-4-9-18(12-16)27-2/h3-4,6-7,9-10,12,17H,5,8,11,13-14H2,1-2H3,(H,22,23,26). The molecule has 3 rings (SSSR count). The summed E-state index contributed by atoms with van der Waals surface area (Å²) in [6, 6.07) is 13.0. The van der Waals surface area contributed by atoms with Crippen LogP contribution in [0.25, 0.3) is 0 Å². The summed E-state index contributed by atoms with van der Waals surface area (Å²) >= 11 is 0. The summed E-state index contributed by atoms with van der Waals surface area (Å²) in [5.74, 6) is 1.04. The third kappa shape index (κ3) is 5.06. The van der Waals surface area contributed by atoms with E-state index in [1.54, 1.807) is 18.1 Å². The molecule has 0 bridgehead atoms. The zero-order chi connectivity index (χ0) is 19.2. The minimum atomic E-state index is -0.213. The van der Waals surface area contributed by atoms with E-state index in [2.05, 4.69) is 10.3 Å². The summed E-state index contributed by atoms with van der Waals surface area (Å²) in [4.78, 5) is 31.4. The molecular formula is C21H25N3O3. The fraction of sp³-hybridized carbons (Fsp3) is 0.381. The van der Waals surface area contributed by atoms with Gasteiger partial charge in [-0.05, 0) is 49.6 Å². The molecule has 0 radical (unpaired) electrons. The second-order valence-electron chi connectivity index (χ2n) is 6.86. The van der Waals surface area contributed by atoms with E-state index in [9.17, 15) is 9.59 Å². The molecule has 1 N–H and O–H groups in total. The van der Waals surface area contributed by atoms with Crippen LogP contribution in [0.2, 0.25) is 0 Å². The van der Waals surface area contributed by atoms with Crippen LogP contribution in [-0.2, 0) is 16.0 Å². The Kier molecular flexibility index (Phi) is 6.06. The number of hydrogen-bond donors (Lipinski definition) is 1.